The number of aryl methyl sites for hydroxylation is 1. The number of hydrogen-bond acceptors (Lipinski definition) is 5. The second kappa shape index (κ2) is 5.95. The van der Waals surface area contributed by atoms with Crippen molar-refractivity contribution in [1.82, 2.24) is 9.97 Å². The fourth-order valence-electron chi connectivity index (χ4n) is 3.06. The average molecular weight is 313 g/mol. The van der Waals surface area contributed by atoms with Crippen LogP contribution in [0.25, 0.3) is 0 Å². The number of rotatable bonds is 3. The van der Waals surface area contributed by atoms with Crippen LogP contribution < -0.4 is 20.3 Å². The third-order valence-electron chi connectivity index (χ3n) is 4.26. The Hall–Kier alpha value is -2.50. The highest BCUT2D eigenvalue weighted by Gasteiger charge is 2.21. The Kier molecular flexibility index (Phi) is 3.65. The number of aromatic nitrogens is 2. The van der Waals surface area contributed by atoms with Crippen LogP contribution in [0, 0.1) is 0 Å². The number of nitrogens with zero attached hydrogens (tertiary/aromatic N) is 1. The van der Waals surface area contributed by atoms with E-state index in [0.717, 1.165) is 48.4 Å². The van der Waals surface area contributed by atoms with Crippen LogP contribution in [0.5, 0.6) is 11.5 Å². The second-order valence-corrected chi connectivity index (χ2v) is 5.93. The molecule has 0 radical (unpaired) electrons. The number of nitrogens with one attached hydrogen (secondary N) is 2. The summed E-state index contributed by atoms with van der Waals surface area (Å²) in [7, 11) is 0. The SMILES string of the molecule is O=c1[nH]c(NCC2COc3ccccc3O2)nc2c1CCCC2. The molecule has 6 heteroatoms. The molecular formula is C17H19N3O3. The van der Waals surface area contributed by atoms with Crippen molar-refractivity contribution in [1.29, 1.82) is 0 Å². The number of aromatic amines is 1. The lowest BCUT2D eigenvalue weighted by atomic mass is 9.97. The molecule has 0 fully saturated rings. The molecule has 0 spiro atoms. The van der Waals surface area contributed by atoms with Crippen molar-refractivity contribution < 1.29 is 9.47 Å². The van der Waals surface area contributed by atoms with Gasteiger partial charge in [0.05, 0.1) is 12.2 Å². The van der Waals surface area contributed by atoms with E-state index in [9.17, 15) is 4.79 Å². The van der Waals surface area contributed by atoms with Crippen LogP contribution in [0.3, 0.4) is 0 Å². The maximum Gasteiger partial charge on any atom is 0.255 e. The van der Waals surface area contributed by atoms with Crippen molar-refractivity contribution in [2.24, 2.45) is 0 Å². The minimum absolute atomic E-state index is 0.0247. The van der Waals surface area contributed by atoms with Gasteiger partial charge in [-0.25, -0.2) is 4.98 Å². The molecule has 1 aliphatic carbocycles. The van der Waals surface area contributed by atoms with Crippen molar-refractivity contribution in [2.75, 3.05) is 18.5 Å². The minimum Gasteiger partial charge on any atom is -0.486 e. The van der Waals surface area contributed by atoms with E-state index >= 15 is 0 Å². The average Bonchev–Trinajstić information content (AvgIpc) is 2.60. The summed E-state index contributed by atoms with van der Waals surface area (Å²) < 4.78 is 11.6. The molecule has 2 aromatic rings. The molecule has 120 valence electrons. The van der Waals surface area contributed by atoms with Gasteiger partial charge in [0.25, 0.3) is 5.56 Å². The summed E-state index contributed by atoms with van der Waals surface area (Å²) in [6.45, 7) is 0.995. The molecule has 2 heterocycles. The van der Waals surface area contributed by atoms with Crippen molar-refractivity contribution in [3.05, 3.63) is 45.9 Å². The fraction of sp³-hybridized carbons (Fsp3) is 0.412. The summed E-state index contributed by atoms with van der Waals surface area (Å²) in [5.74, 6) is 2.03. The van der Waals surface area contributed by atoms with Crippen LogP contribution in [-0.2, 0) is 12.8 Å². The topological polar surface area (TPSA) is 76.2 Å². The quantitative estimate of drug-likeness (QED) is 0.905. The van der Waals surface area contributed by atoms with Crippen LogP contribution in [0.1, 0.15) is 24.1 Å². The van der Waals surface area contributed by atoms with E-state index in [4.69, 9.17) is 9.47 Å². The van der Waals surface area contributed by atoms with Crippen LogP contribution in [0.4, 0.5) is 5.95 Å². The zero-order valence-corrected chi connectivity index (χ0v) is 12.8. The van der Waals surface area contributed by atoms with E-state index in [1.54, 1.807) is 0 Å². The van der Waals surface area contributed by atoms with Crippen LogP contribution >= 0.6 is 0 Å². The van der Waals surface area contributed by atoms with Gasteiger partial charge in [-0.2, -0.15) is 0 Å². The van der Waals surface area contributed by atoms with Crippen molar-refractivity contribution >= 4 is 5.95 Å². The largest absolute Gasteiger partial charge is 0.486 e. The molecule has 1 aromatic carbocycles. The number of benzene rings is 1. The van der Waals surface area contributed by atoms with Gasteiger partial charge in [0.2, 0.25) is 5.95 Å². The molecule has 0 amide bonds. The van der Waals surface area contributed by atoms with Crippen molar-refractivity contribution in [3.8, 4) is 11.5 Å². The Bertz CT molecular complexity index is 772. The number of fused-ring (bicyclic) bond motifs is 2. The van der Waals surface area contributed by atoms with Gasteiger partial charge in [0, 0.05) is 5.56 Å². The van der Waals surface area contributed by atoms with Gasteiger partial charge >= 0.3 is 0 Å². The summed E-state index contributed by atoms with van der Waals surface area (Å²) >= 11 is 0. The fourth-order valence-corrected chi connectivity index (χ4v) is 3.06. The van der Waals surface area contributed by atoms with Crippen LogP contribution in [0.15, 0.2) is 29.1 Å². The normalized spacial score (nSPS) is 19.0. The van der Waals surface area contributed by atoms with E-state index < -0.39 is 0 Å². The van der Waals surface area contributed by atoms with Gasteiger partial charge in [0.1, 0.15) is 12.7 Å². The first-order valence-corrected chi connectivity index (χ1v) is 8.04. The highest BCUT2D eigenvalue weighted by atomic mass is 16.6. The molecule has 1 aliphatic heterocycles. The predicted octanol–water partition coefficient (Wildman–Crippen LogP) is 1.90. The van der Waals surface area contributed by atoms with Gasteiger partial charge in [0.15, 0.2) is 11.5 Å². The lowest BCUT2D eigenvalue weighted by molar-refractivity contribution is 0.0996. The molecule has 1 unspecified atom stereocenters. The van der Waals surface area contributed by atoms with Gasteiger partial charge in [-0.3, -0.25) is 9.78 Å². The Balaban J connectivity index is 1.44. The standard InChI is InChI=1S/C17H19N3O3/c21-16-12-5-1-2-6-13(12)19-17(20-16)18-9-11-10-22-14-7-3-4-8-15(14)23-11/h3-4,7-8,11H,1-2,5-6,9-10H2,(H2,18,19,20,21). The third kappa shape index (κ3) is 2.88. The Morgan fingerprint density at radius 3 is 2.96 bits per heavy atom. The monoisotopic (exact) mass is 313 g/mol. The molecule has 0 saturated heterocycles. The molecule has 6 nitrogen and oxygen atoms in total. The highest BCUT2D eigenvalue weighted by molar-refractivity contribution is 5.41. The lowest BCUT2D eigenvalue weighted by Crippen LogP contribution is -2.36. The first-order valence-electron chi connectivity index (χ1n) is 8.04. The molecular weight excluding hydrogens is 294 g/mol. The zero-order valence-electron chi connectivity index (χ0n) is 12.8. The molecule has 2 N–H and O–H groups in total. The Morgan fingerprint density at radius 1 is 1.22 bits per heavy atom. The lowest BCUT2D eigenvalue weighted by Gasteiger charge is -2.26. The molecule has 1 atom stereocenters. The molecule has 1 aromatic heterocycles. The first-order chi connectivity index (χ1) is 11.3. The summed E-state index contributed by atoms with van der Waals surface area (Å²) in [6, 6.07) is 7.62. The summed E-state index contributed by atoms with van der Waals surface area (Å²) in [4.78, 5) is 19.5. The van der Waals surface area contributed by atoms with E-state index in [2.05, 4.69) is 15.3 Å². The summed E-state index contributed by atoms with van der Waals surface area (Å²) in [5.41, 5.74) is 1.74. The smallest absolute Gasteiger partial charge is 0.255 e. The molecule has 23 heavy (non-hydrogen) atoms. The Morgan fingerprint density at radius 2 is 2.04 bits per heavy atom. The van der Waals surface area contributed by atoms with Crippen molar-refractivity contribution in [3.63, 3.8) is 0 Å². The van der Waals surface area contributed by atoms with Crippen molar-refractivity contribution in [2.45, 2.75) is 31.8 Å². The predicted molar refractivity (Wildman–Crippen MR) is 86.3 cm³/mol. The van der Waals surface area contributed by atoms with Crippen LogP contribution in [-0.4, -0.2) is 29.2 Å². The number of para-hydroxylation sites is 2. The number of hydrogen-bond donors (Lipinski definition) is 2. The summed E-state index contributed by atoms with van der Waals surface area (Å²) in [6.07, 6.45) is 3.75. The van der Waals surface area contributed by atoms with Crippen LogP contribution in [0.2, 0.25) is 0 Å². The van der Waals surface area contributed by atoms with Gasteiger partial charge < -0.3 is 14.8 Å². The zero-order chi connectivity index (χ0) is 15.6. The maximum absolute atomic E-state index is 12.1. The van der Waals surface area contributed by atoms with Gasteiger partial charge in [-0.15, -0.1) is 0 Å². The molecule has 2 aliphatic rings. The third-order valence-corrected chi connectivity index (χ3v) is 4.26. The van der Waals surface area contributed by atoms with Gasteiger partial charge in [-0.05, 0) is 37.8 Å². The summed E-state index contributed by atoms with van der Waals surface area (Å²) in [5, 5.41) is 3.16. The molecule has 0 saturated carbocycles. The first kappa shape index (κ1) is 14.1. The molecule has 4 rings (SSSR count). The van der Waals surface area contributed by atoms with Gasteiger partial charge in [-0.1, -0.05) is 12.1 Å². The van der Waals surface area contributed by atoms with E-state index in [1.807, 2.05) is 24.3 Å². The molecule has 0 bridgehead atoms. The Labute approximate surface area is 133 Å². The minimum atomic E-state index is -0.119. The maximum atomic E-state index is 12.1. The number of anilines is 1. The second-order valence-electron chi connectivity index (χ2n) is 5.93. The number of H-pyrrole nitrogens is 1. The number of ether oxygens (including phenoxy) is 2. The van der Waals surface area contributed by atoms with E-state index in [0.29, 0.717) is 19.1 Å². The highest BCUT2D eigenvalue weighted by Crippen LogP contribution is 2.30. The van der Waals surface area contributed by atoms with E-state index in [-0.39, 0.29) is 11.7 Å². The van der Waals surface area contributed by atoms with E-state index in [1.165, 1.54) is 0 Å².